The fraction of sp³-hybridized carbons (Fsp3) is 0.294. The van der Waals surface area contributed by atoms with E-state index < -0.39 is 12.0 Å². The minimum atomic E-state index is -4.67. The Morgan fingerprint density at radius 3 is 2.56 bits per heavy atom. The van der Waals surface area contributed by atoms with Crippen molar-refractivity contribution in [3.05, 3.63) is 51.6 Å². The normalized spacial score (nSPS) is 11.8. The Hall–Kier alpha value is -2.68. The van der Waals surface area contributed by atoms with E-state index >= 15 is 0 Å². The number of rotatable bonds is 3. The second kappa shape index (κ2) is 6.80. The van der Waals surface area contributed by atoms with E-state index in [1.54, 1.807) is 32.0 Å². The molecular weight excluding hydrogens is 383 g/mol. The maximum absolute atomic E-state index is 12.8. The Morgan fingerprint density at radius 2 is 1.93 bits per heavy atom. The average Bonchev–Trinajstić information content (AvgIpc) is 2.98. The molecule has 0 aliphatic carbocycles. The van der Waals surface area contributed by atoms with Crippen LogP contribution in [-0.4, -0.2) is 25.5 Å². The molecule has 0 atom stereocenters. The van der Waals surface area contributed by atoms with Gasteiger partial charge in [0, 0.05) is 17.0 Å². The second-order valence-corrected chi connectivity index (χ2v) is 6.52. The van der Waals surface area contributed by atoms with Gasteiger partial charge in [0.25, 0.3) is 11.6 Å². The summed E-state index contributed by atoms with van der Waals surface area (Å²) in [6.07, 6.45) is -4.76. The van der Waals surface area contributed by atoms with Crippen molar-refractivity contribution in [3.63, 3.8) is 0 Å². The van der Waals surface area contributed by atoms with Gasteiger partial charge in [0.15, 0.2) is 0 Å². The largest absolute Gasteiger partial charge is 0.453 e. The molecule has 10 heteroatoms. The topological polar surface area (TPSA) is 72.2 Å². The fourth-order valence-electron chi connectivity index (χ4n) is 2.66. The van der Waals surface area contributed by atoms with E-state index in [2.05, 4.69) is 20.4 Å². The third-order valence-corrected chi connectivity index (χ3v) is 4.35. The molecule has 1 N–H and O–H groups in total. The van der Waals surface area contributed by atoms with Crippen LogP contribution in [-0.2, 0) is 17.4 Å². The molecule has 0 saturated carbocycles. The number of nitrogens with zero attached hydrogens (tertiary/aromatic N) is 4. The number of nitrogens with one attached hydrogen (secondary N) is 1. The molecule has 1 amide bonds. The third kappa shape index (κ3) is 3.87. The van der Waals surface area contributed by atoms with Crippen LogP contribution in [0.5, 0.6) is 0 Å². The zero-order chi connectivity index (χ0) is 19.9. The van der Waals surface area contributed by atoms with Gasteiger partial charge < -0.3 is 5.32 Å². The number of halogens is 4. The van der Waals surface area contributed by atoms with Gasteiger partial charge in [-0.1, -0.05) is 17.7 Å². The Bertz CT molecular complexity index is 1050. The first-order valence-electron chi connectivity index (χ1n) is 7.92. The van der Waals surface area contributed by atoms with Crippen LogP contribution in [0.4, 0.5) is 18.9 Å². The van der Waals surface area contributed by atoms with Gasteiger partial charge in [-0.05, 0) is 38.5 Å². The van der Waals surface area contributed by atoms with Crippen LogP contribution in [0.3, 0.4) is 0 Å². The lowest BCUT2D eigenvalue weighted by Gasteiger charge is -2.11. The second-order valence-electron chi connectivity index (χ2n) is 6.11. The van der Waals surface area contributed by atoms with E-state index in [4.69, 9.17) is 11.6 Å². The smallest absolute Gasteiger partial charge is 0.324 e. The molecule has 0 aliphatic heterocycles. The van der Waals surface area contributed by atoms with E-state index in [0.29, 0.717) is 27.7 Å². The molecule has 0 spiro atoms. The number of fused-ring (bicyclic) bond motifs is 1. The van der Waals surface area contributed by atoms with Gasteiger partial charge in [-0.25, -0.2) is 9.50 Å². The summed E-state index contributed by atoms with van der Waals surface area (Å²) in [5.41, 5.74) is 2.65. The number of benzene rings is 1. The van der Waals surface area contributed by atoms with Gasteiger partial charge in [0.05, 0.1) is 17.1 Å². The quantitative estimate of drug-likeness (QED) is 0.727. The van der Waals surface area contributed by atoms with Crippen LogP contribution >= 0.6 is 11.6 Å². The lowest BCUT2D eigenvalue weighted by atomic mass is 10.1. The molecule has 0 radical (unpaired) electrons. The molecule has 1 aromatic carbocycles. The third-order valence-electron chi connectivity index (χ3n) is 4.04. The number of carbonyl (C=O) groups is 1. The van der Waals surface area contributed by atoms with Gasteiger partial charge in [0.2, 0.25) is 5.91 Å². The summed E-state index contributed by atoms with van der Waals surface area (Å²) >= 11 is 6.11. The molecule has 142 valence electrons. The highest BCUT2D eigenvalue weighted by molar-refractivity contribution is 6.33. The van der Waals surface area contributed by atoms with Gasteiger partial charge in [-0.3, -0.25) is 4.79 Å². The highest BCUT2D eigenvalue weighted by Gasteiger charge is 2.37. The summed E-state index contributed by atoms with van der Waals surface area (Å²) in [5, 5.41) is 6.56. The lowest BCUT2D eigenvalue weighted by Crippen LogP contribution is -2.18. The number of alkyl halides is 3. The minimum absolute atomic E-state index is 0.0912. The highest BCUT2D eigenvalue weighted by atomic mass is 35.5. The van der Waals surface area contributed by atoms with Crippen LogP contribution in [0.2, 0.25) is 5.02 Å². The van der Waals surface area contributed by atoms with Crippen LogP contribution in [0.15, 0.2) is 18.2 Å². The van der Waals surface area contributed by atoms with Crippen molar-refractivity contribution >= 4 is 29.0 Å². The average molecular weight is 398 g/mol. The molecule has 6 nitrogen and oxygen atoms in total. The van der Waals surface area contributed by atoms with E-state index in [0.717, 1.165) is 10.1 Å². The summed E-state index contributed by atoms with van der Waals surface area (Å²) in [6, 6.07) is 5.21. The van der Waals surface area contributed by atoms with Crippen LogP contribution in [0.1, 0.15) is 28.3 Å². The summed E-state index contributed by atoms with van der Waals surface area (Å²) in [5.74, 6) is -1.81. The molecule has 0 unspecified atom stereocenters. The highest BCUT2D eigenvalue weighted by Crippen LogP contribution is 2.27. The summed E-state index contributed by atoms with van der Waals surface area (Å²) < 4.78 is 39.5. The molecule has 0 aliphatic rings. The predicted molar refractivity (Wildman–Crippen MR) is 93.8 cm³/mol. The van der Waals surface area contributed by atoms with Gasteiger partial charge in [-0.2, -0.15) is 18.2 Å². The number of hydrogen-bond donors (Lipinski definition) is 1. The summed E-state index contributed by atoms with van der Waals surface area (Å²) in [4.78, 5) is 19.9. The molecule has 3 rings (SSSR count). The van der Waals surface area contributed by atoms with Crippen LogP contribution < -0.4 is 5.32 Å². The molecule has 0 fully saturated rings. The first kappa shape index (κ1) is 19.1. The van der Waals surface area contributed by atoms with E-state index in [1.807, 2.05) is 6.92 Å². The minimum Gasteiger partial charge on any atom is -0.324 e. The standard InChI is InChI=1S/C17H15ClF3N5O/c1-8-4-5-13(12(18)6-8)23-14(27)7-11-9(2)22-16-24-15(17(19,20)21)25-26(16)10(11)3/h4-6H,7H2,1-3H3,(H,23,27). The lowest BCUT2D eigenvalue weighted by molar-refractivity contribution is -0.144. The van der Waals surface area contributed by atoms with E-state index in [-0.39, 0.29) is 18.1 Å². The Balaban J connectivity index is 1.91. The van der Waals surface area contributed by atoms with Crippen molar-refractivity contribution in [2.75, 3.05) is 5.32 Å². The van der Waals surface area contributed by atoms with Gasteiger partial charge in [0.1, 0.15) is 0 Å². The molecular formula is C17H15ClF3N5O. The number of anilines is 1. The molecule has 3 aromatic rings. The number of aryl methyl sites for hydroxylation is 3. The van der Waals surface area contributed by atoms with E-state index in [1.165, 1.54) is 0 Å². The van der Waals surface area contributed by atoms with Crippen molar-refractivity contribution < 1.29 is 18.0 Å². The first-order valence-corrected chi connectivity index (χ1v) is 8.30. The summed E-state index contributed by atoms with van der Waals surface area (Å²) in [6.45, 7) is 5.05. The Morgan fingerprint density at radius 1 is 1.22 bits per heavy atom. The molecule has 2 aromatic heterocycles. The van der Waals surface area contributed by atoms with Crippen molar-refractivity contribution in [2.24, 2.45) is 0 Å². The molecule has 0 bridgehead atoms. The van der Waals surface area contributed by atoms with Crippen molar-refractivity contribution in [1.29, 1.82) is 0 Å². The van der Waals surface area contributed by atoms with Crippen LogP contribution in [0, 0.1) is 20.8 Å². The molecule has 2 heterocycles. The Labute approximate surface area is 157 Å². The van der Waals surface area contributed by atoms with Crippen LogP contribution in [0.25, 0.3) is 5.78 Å². The van der Waals surface area contributed by atoms with Gasteiger partial charge >= 0.3 is 6.18 Å². The fourth-order valence-corrected chi connectivity index (χ4v) is 2.94. The van der Waals surface area contributed by atoms with Crippen molar-refractivity contribution in [2.45, 2.75) is 33.4 Å². The molecule has 27 heavy (non-hydrogen) atoms. The molecule has 0 saturated heterocycles. The predicted octanol–water partition coefficient (Wildman–Crippen LogP) is 3.90. The Kier molecular flexibility index (Phi) is 4.81. The number of carbonyl (C=O) groups excluding carboxylic acids is 1. The van der Waals surface area contributed by atoms with E-state index in [9.17, 15) is 18.0 Å². The van der Waals surface area contributed by atoms with Gasteiger partial charge in [-0.15, -0.1) is 5.10 Å². The zero-order valence-corrected chi connectivity index (χ0v) is 15.4. The first-order chi connectivity index (χ1) is 12.6. The number of aromatic nitrogens is 4. The summed E-state index contributed by atoms with van der Waals surface area (Å²) in [7, 11) is 0. The maximum Gasteiger partial charge on any atom is 0.453 e. The SMILES string of the molecule is Cc1ccc(NC(=O)Cc2c(C)nc3nc(C(F)(F)F)nn3c2C)c(Cl)c1. The zero-order valence-electron chi connectivity index (χ0n) is 14.6. The number of hydrogen-bond acceptors (Lipinski definition) is 4. The van der Waals surface area contributed by atoms with Crippen molar-refractivity contribution in [1.82, 2.24) is 19.6 Å². The van der Waals surface area contributed by atoms with Crippen molar-refractivity contribution in [3.8, 4) is 0 Å². The number of amides is 1. The monoisotopic (exact) mass is 397 g/mol. The maximum atomic E-state index is 12.8.